The number of allylic oxidation sites excluding steroid dienone is 2. The summed E-state index contributed by atoms with van der Waals surface area (Å²) < 4.78 is 0. The SMILES string of the molecule is C1=CC(c2ccccc2)=CC(c2ccccc2)N1. The minimum atomic E-state index is 0.256. The van der Waals surface area contributed by atoms with Crippen LogP contribution in [0.2, 0.25) is 0 Å². The van der Waals surface area contributed by atoms with Crippen LogP contribution in [0.4, 0.5) is 0 Å². The highest BCUT2D eigenvalue weighted by Crippen LogP contribution is 2.25. The van der Waals surface area contributed by atoms with Crippen LogP contribution >= 0.6 is 0 Å². The number of hydrogen-bond donors (Lipinski definition) is 1. The molecule has 1 atom stereocenters. The van der Waals surface area contributed by atoms with Gasteiger partial charge in [0, 0.05) is 0 Å². The Morgan fingerprint density at radius 2 is 1.44 bits per heavy atom. The zero-order valence-corrected chi connectivity index (χ0v) is 10.1. The molecular formula is C17H15N. The second kappa shape index (κ2) is 4.92. The van der Waals surface area contributed by atoms with Crippen molar-refractivity contribution >= 4 is 5.57 Å². The second-order valence-electron chi connectivity index (χ2n) is 4.38. The molecule has 0 radical (unpaired) electrons. The maximum atomic E-state index is 3.38. The van der Waals surface area contributed by atoms with Gasteiger partial charge in [0.2, 0.25) is 0 Å². The molecule has 1 aliphatic rings. The van der Waals surface area contributed by atoms with Gasteiger partial charge >= 0.3 is 0 Å². The largest absolute Gasteiger partial charge is 0.381 e. The lowest BCUT2D eigenvalue weighted by molar-refractivity contribution is 0.749. The smallest absolute Gasteiger partial charge is 0.0701 e. The quantitative estimate of drug-likeness (QED) is 0.828. The highest BCUT2D eigenvalue weighted by molar-refractivity contribution is 5.75. The van der Waals surface area contributed by atoms with Crippen LogP contribution in [-0.4, -0.2) is 0 Å². The van der Waals surface area contributed by atoms with Crippen molar-refractivity contribution in [1.82, 2.24) is 5.32 Å². The van der Waals surface area contributed by atoms with Gasteiger partial charge in [-0.2, -0.15) is 0 Å². The Hall–Kier alpha value is -2.28. The summed E-state index contributed by atoms with van der Waals surface area (Å²) in [6, 6.07) is 21.2. The molecule has 3 rings (SSSR count). The number of hydrogen-bond acceptors (Lipinski definition) is 1. The molecule has 0 spiro atoms. The number of dihydropyridines is 1. The van der Waals surface area contributed by atoms with Crippen LogP contribution in [0, 0.1) is 0 Å². The molecule has 1 aliphatic heterocycles. The number of rotatable bonds is 2. The molecule has 0 saturated heterocycles. The summed E-state index contributed by atoms with van der Waals surface area (Å²) in [5.74, 6) is 0. The van der Waals surface area contributed by atoms with E-state index in [9.17, 15) is 0 Å². The van der Waals surface area contributed by atoms with Crippen molar-refractivity contribution in [2.75, 3.05) is 0 Å². The van der Waals surface area contributed by atoms with E-state index in [1.165, 1.54) is 16.7 Å². The topological polar surface area (TPSA) is 12.0 Å². The van der Waals surface area contributed by atoms with Crippen LogP contribution < -0.4 is 5.32 Å². The van der Waals surface area contributed by atoms with E-state index >= 15 is 0 Å². The van der Waals surface area contributed by atoms with Crippen LogP contribution in [0.5, 0.6) is 0 Å². The van der Waals surface area contributed by atoms with Crippen molar-refractivity contribution in [3.63, 3.8) is 0 Å². The normalized spacial score (nSPS) is 18.0. The summed E-state index contributed by atoms with van der Waals surface area (Å²) in [6.07, 6.45) is 6.42. The molecule has 18 heavy (non-hydrogen) atoms. The maximum Gasteiger partial charge on any atom is 0.0701 e. The minimum Gasteiger partial charge on any atom is -0.381 e. The molecule has 1 N–H and O–H groups in total. The molecule has 0 aromatic heterocycles. The van der Waals surface area contributed by atoms with Gasteiger partial charge in [-0.25, -0.2) is 0 Å². The van der Waals surface area contributed by atoms with E-state index in [1.54, 1.807) is 0 Å². The van der Waals surface area contributed by atoms with Gasteiger partial charge in [-0.15, -0.1) is 0 Å². The lowest BCUT2D eigenvalue weighted by atomic mass is 9.97. The fourth-order valence-corrected chi connectivity index (χ4v) is 2.20. The first-order valence-corrected chi connectivity index (χ1v) is 6.18. The van der Waals surface area contributed by atoms with Gasteiger partial charge in [0.15, 0.2) is 0 Å². The summed E-state index contributed by atoms with van der Waals surface area (Å²) in [4.78, 5) is 0. The van der Waals surface area contributed by atoms with E-state index in [4.69, 9.17) is 0 Å². The van der Waals surface area contributed by atoms with Crippen LogP contribution in [0.25, 0.3) is 5.57 Å². The Morgan fingerprint density at radius 3 is 2.17 bits per heavy atom. The molecule has 2 aromatic rings. The van der Waals surface area contributed by atoms with Gasteiger partial charge in [-0.1, -0.05) is 60.7 Å². The Bertz CT molecular complexity index is 567. The minimum absolute atomic E-state index is 0.256. The fraction of sp³-hybridized carbons (Fsp3) is 0.0588. The molecule has 0 aliphatic carbocycles. The third-order valence-electron chi connectivity index (χ3n) is 3.15. The molecule has 0 fully saturated rings. The van der Waals surface area contributed by atoms with E-state index in [2.05, 4.69) is 66.0 Å². The number of nitrogens with one attached hydrogen (secondary N) is 1. The Morgan fingerprint density at radius 1 is 0.778 bits per heavy atom. The van der Waals surface area contributed by atoms with Crippen molar-refractivity contribution in [3.8, 4) is 0 Å². The van der Waals surface area contributed by atoms with Crippen molar-refractivity contribution in [1.29, 1.82) is 0 Å². The van der Waals surface area contributed by atoms with Crippen molar-refractivity contribution in [2.45, 2.75) is 6.04 Å². The first-order chi connectivity index (χ1) is 8.93. The second-order valence-corrected chi connectivity index (χ2v) is 4.38. The van der Waals surface area contributed by atoms with E-state index in [-0.39, 0.29) is 6.04 Å². The van der Waals surface area contributed by atoms with Gasteiger partial charge < -0.3 is 5.32 Å². The fourth-order valence-electron chi connectivity index (χ4n) is 2.20. The highest BCUT2D eigenvalue weighted by atomic mass is 14.9. The average Bonchev–Trinajstić information content (AvgIpc) is 2.49. The summed E-state index contributed by atoms with van der Waals surface area (Å²) in [5.41, 5.74) is 3.81. The third kappa shape index (κ3) is 2.21. The Balaban J connectivity index is 1.93. The van der Waals surface area contributed by atoms with E-state index < -0.39 is 0 Å². The van der Waals surface area contributed by atoms with Gasteiger partial charge in [0.25, 0.3) is 0 Å². The van der Waals surface area contributed by atoms with Gasteiger partial charge in [-0.05, 0) is 35.1 Å². The van der Waals surface area contributed by atoms with Gasteiger partial charge in [0.1, 0.15) is 0 Å². The van der Waals surface area contributed by atoms with Crippen LogP contribution in [0.3, 0.4) is 0 Å². The molecule has 2 aromatic carbocycles. The molecule has 1 nitrogen and oxygen atoms in total. The third-order valence-corrected chi connectivity index (χ3v) is 3.15. The molecule has 1 heterocycles. The summed E-state index contributed by atoms with van der Waals surface area (Å²) in [7, 11) is 0. The van der Waals surface area contributed by atoms with Crippen molar-refractivity contribution < 1.29 is 0 Å². The predicted molar refractivity (Wildman–Crippen MR) is 75.9 cm³/mol. The van der Waals surface area contributed by atoms with Crippen molar-refractivity contribution in [2.24, 2.45) is 0 Å². The zero-order valence-electron chi connectivity index (χ0n) is 10.1. The lowest BCUT2D eigenvalue weighted by Crippen LogP contribution is -2.16. The molecular weight excluding hydrogens is 218 g/mol. The van der Waals surface area contributed by atoms with Crippen LogP contribution in [0.15, 0.2) is 79.0 Å². The Kier molecular flexibility index (Phi) is 2.97. The summed E-state index contributed by atoms with van der Waals surface area (Å²) in [5, 5.41) is 3.38. The standard InChI is InChI=1S/C17H15N/c1-3-7-14(8-4-1)16-11-12-18-17(13-16)15-9-5-2-6-10-15/h1-13,17-18H. The zero-order chi connectivity index (χ0) is 12.2. The average molecular weight is 233 g/mol. The summed E-state index contributed by atoms with van der Waals surface area (Å²) in [6.45, 7) is 0. The molecule has 1 unspecified atom stereocenters. The van der Waals surface area contributed by atoms with Crippen LogP contribution in [0.1, 0.15) is 17.2 Å². The lowest BCUT2D eigenvalue weighted by Gasteiger charge is -2.19. The first-order valence-electron chi connectivity index (χ1n) is 6.18. The molecule has 0 bridgehead atoms. The predicted octanol–water partition coefficient (Wildman–Crippen LogP) is 3.93. The van der Waals surface area contributed by atoms with E-state index in [0.717, 1.165) is 0 Å². The maximum absolute atomic E-state index is 3.38. The molecule has 1 heteroatoms. The first kappa shape index (κ1) is 10.8. The summed E-state index contributed by atoms with van der Waals surface area (Å²) >= 11 is 0. The molecule has 0 saturated carbocycles. The number of benzene rings is 2. The van der Waals surface area contributed by atoms with Gasteiger partial charge in [0.05, 0.1) is 6.04 Å². The van der Waals surface area contributed by atoms with Crippen LogP contribution in [-0.2, 0) is 0 Å². The molecule has 88 valence electrons. The Labute approximate surface area is 107 Å². The molecule has 0 amide bonds. The highest BCUT2D eigenvalue weighted by Gasteiger charge is 2.11. The van der Waals surface area contributed by atoms with E-state index in [1.807, 2.05) is 18.3 Å². The van der Waals surface area contributed by atoms with Gasteiger partial charge in [-0.3, -0.25) is 0 Å². The monoisotopic (exact) mass is 233 g/mol. The van der Waals surface area contributed by atoms with Crippen molar-refractivity contribution in [3.05, 3.63) is 90.1 Å². The van der Waals surface area contributed by atoms with E-state index in [0.29, 0.717) is 0 Å².